The van der Waals surface area contributed by atoms with E-state index in [1.54, 1.807) is 12.1 Å². The van der Waals surface area contributed by atoms with Crippen molar-refractivity contribution in [2.45, 2.75) is 12.8 Å². The number of benzene rings is 1. The van der Waals surface area contributed by atoms with Crippen molar-refractivity contribution >= 4 is 11.9 Å². The van der Waals surface area contributed by atoms with Crippen LogP contribution in [-0.2, 0) is 11.2 Å². The van der Waals surface area contributed by atoms with Gasteiger partial charge in [-0.05, 0) is 12.0 Å². The van der Waals surface area contributed by atoms with E-state index in [2.05, 4.69) is 15.3 Å². The number of aromatic nitrogens is 2. The summed E-state index contributed by atoms with van der Waals surface area (Å²) in [6.07, 6.45) is 0.915. The van der Waals surface area contributed by atoms with Gasteiger partial charge in [0.2, 0.25) is 11.9 Å². The van der Waals surface area contributed by atoms with E-state index in [4.69, 9.17) is 10.5 Å². The van der Waals surface area contributed by atoms with Gasteiger partial charge in [0, 0.05) is 6.42 Å². The summed E-state index contributed by atoms with van der Waals surface area (Å²) in [5, 5.41) is 20.1. The molecule has 1 heterocycles. The number of anilines is 1. The Bertz CT molecular complexity index is 659. The van der Waals surface area contributed by atoms with E-state index in [9.17, 15) is 4.79 Å². The third-order valence-corrected chi connectivity index (χ3v) is 2.66. The summed E-state index contributed by atoms with van der Waals surface area (Å²) < 4.78 is 0. The minimum atomic E-state index is -0.225. The lowest BCUT2D eigenvalue weighted by Crippen LogP contribution is -2.13. The van der Waals surface area contributed by atoms with Gasteiger partial charge in [0.1, 0.15) is 12.1 Å². The van der Waals surface area contributed by atoms with Crippen LogP contribution in [0.4, 0.5) is 5.95 Å². The molecule has 0 saturated heterocycles. The van der Waals surface area contributed by atoms with Crippen molar-refractivity contribution in [3.63, 3.8) is 0 Å². The monoisotopic (exact) mass is 265 g/mol. The topological polar surface area (TPSA) is 105 Å². The van der Waals surface area contributed by atoms with Crippen LogP contribution < -0.4 is 5.32 Å². The number of amides is 1. The second-order valence-corrected chi connectivity index (χ2v) is 4.07. The number of nitrogens with one attached hydrogen (secondary N) is 2. The number of H-pyrrole nitrogens is 1. The van der Waals surface area contributed by atoms with Gasteiger partial charge >= 0.3 is 0 Å². The molecule has 98 valence electrons. The molecule has 0 aliphatic carbocycles. The van der Waals surface area contributed by atoms with E-state index in [0.717, 1.165) is 5.56 Å². The van der Waals surface area contributed by atoms with Gasteiger partial charge in [-0.25, -0.2) is 4.98 Å². The number of carbonyl (C=O) groups excluding carboxylic acids is 1. The van der Waals surface area contributed by atoms with E-state index in [1.165, 1.54) is 0 Å². The Morgan fingerprint density at radius 2 is 2.00 bits per heavy atom. The lowest BCUT2D eigenvalue weighted by molar-refractivity contribution is -0.116. The van der Waals surface area contributed by atoms with E-state index in [1.807, 2.05) is 30.3 Å². The fourth-order valence-corrected chi connectivity index (χ4v) is 1.69. The first-order chi connectivity index (χ1) is 9.72. The minimum Gasteiger partial charge on any atom is -0.314 e. The molecule has 0 spiro atoms. The fourth-order valence-electron chi connectivity index (χ4n) is 1.69. The number of aryl methyl sites for hydroxylation is 1. The molecule has 6 nitrogen and oxygen atoms in total. The lowest BCUT2D eigenvalue weighted by Gasteiger charge is -2.02. The molecule has 0 aliphatic rings. The van der Waals surface area contributed by atoms with Crippen LogP contribution in [0.25, 0.3) is 0 Å². The quantitative estimate of drug-likeness (QED) is 0.877. The third kappa shape index (κ3) is 3.21. The predicted molar refractivity (Wildman–Crippen MR) is 71.4 cm³/mol. The van der Waals surface area contributed by atoms with E-state index in [-0.39, 0.29) is 23.2 Å². The molecule has 2 aromatic rings. The smallest absolute Gasteiger partial charge is 0.227 e. The predicted octanol–water partition coefficient (Wildman–Crippen LogP) is 1.72. The number of rotatable bonds is 4. The number of imidazole rings is 1. The van der Waals surface area contributed by atoms with Crippen molar-refractivity contribution in [1.29, 1.82) is 10.5 Å². The number of hydrogen-bond acceptors (Lipinski definition) is 4. The summed E-state index contributed by atoms with van der Waals surface area (Å²) in [4.78, 5) is 18.2. The lowest BCUT2D eigenvalue weighted by atomic mass is 10.1. The molecule has 1 aromatic carbocycles. The molecular weight excluding hydrogens is 254 g/mol. The Kier molecular flexibility index (Phi) is 4.10. The Morgan fingerprint density at radius 1 is 1.25 bits per heavy atom. The molecule has 2 rings (SSSR count). The Balaban J connectivity index is 1.94. The number of hydrogen-bond donors (Lipinski definition) is 2. The molecule has 20 heavy (non-hydrogen) atoms. The first kappa shape index (κ1) is 13.3. The van der Waals surface area contributed by atoms with Crippen molar-refractivity contribution in [1.82, 2.24) is 9.97 Å². The molecule has 2 N–H and O–H groups in total. The van der Waals surface area contributed by atoms with Crippen LogP contribution in [0.5, 0.6) is 0 Å². The van der Waals surface area contributed by atoms with Gasteiger partial charge < -0.3 is 4.98 Å². The number of nitrogens with zero attached hydrogens (tertiary/aromatic N) is 3. The van der Waals surface area contributed by atoms with Crippen LogP contribution in [0.15, 0.2) is 30.3 Å². The average molecular weight is 265 g/mol. The molecule has 0 bridgehead atoms. The third-order valence-electron chi connectivity index (χ3n) is 2.66. The number of aromatic amines is 1. The number of carbonyl (C=O) groups is 1. The Labute approximate surface area is 115 Å². The molecule has 0 atom stereocenters. The number of nitriles is 2. The molecule has 0 fully saturated rings. The zero-order chi connectivity index (χ0) is 14.4. The van der Waals surface area contributed by atoms with Crippen LogP contribution in [0.3, 0.4) is 0 Å². The van der Waals surface area contributed by atoms with Crippen molar-refractivity contribution in [2.75, 3.05) is 5.32 Å². The van der Waals surface area contributed by atoms with Gasteiger partial charge in [-0.15, -0.1) is 0 Å². The van der Waals surface area contributed by atoms with E-state index in [0.29, 0.717) is 12.8 Å². The Morgan fingerprint density at radius 3 is 2.60 bits per heavy atom. The van der Waals surface area contributed by atoms with Gasteiger partial charge in [0.15, 0.2) is 11.4 Å². The highest BCUT2D eigenvalue weighted by Crippen LogP contribution is 2.09. The molecule has 0 radical (unpaired) electrons. The van der Waals surface area contributed by atoms with E-state index >= 15 is 0 Å². The normalized spacial score (nSPS) is 9.50. The van der Waals surface area contributed by atoms with Gasteiger partial charge in [0.25, 0.3) is 0 Å². The minimum absolute atomic E-state index is 0.0224. The maximum atomic E-state index is 11.7. The van der Waals surface area contributed by atoms with Crippen molar-refractivity contribution in [3.05, 3.63) is 47.3 Å². The SMILES string of the molecule is N#Cc1nc(NC(=O)CCc2ccccc2)[nH]c1C#N. The van der Waals surface area contributed by atoms with E-state index < -0.39 is 0 Å². The van der Waals surface area contributed by atoms with Crippen LogP contribution in [-0.4, -0.2) is 15.9 Å². The maximum Gasteiger partial charge on any atom is 0.227 e. The summed E-state index contributed by atoms with van der Waals surface area (Å²) >= 11 is 0. The molecular formula is C14H11N5O. The molecule has 1 aromatic heterocycles. The van der Waals surface area contributed by atoms with Gasteiger partial charge in [0.05, 0.1) is 0 Å². The largest absolute Gasteiger partial charge is 0.314 e. The van der Waals surface area contributed by atoms with Gasteiger partial charge in [-0.3, -0.25) is 10.1 Å². The molecule has 6 heteroatoms. The molecule has 1 amide bonds. The molecule has 0 unspecified atom stereocenters. The second kappa shape index (κ2) is 6.17. The first-order valence-corrected chi connectivity index (χ1v) is 5.97. The summed E-state index contributed by atoms with van der Waals surface area (Å²) in [6.45, 7) is 0. The van der Waals surface area contributed by atoms with Crippen LogP contribution in [0.1, 0.15) is 23.4 Å². The first-order valence-electron chi connectivity index (χ1n) is 5.97. The van der Waals surface area contributed by atoms with Gasteiger partial charge in [-0.2, -0.15) is 10.5 Å². The van der Waals surface area contributed by atoms with Crippen molar-refractivity contribution < 1.29 is 4.79 Å². The van der Waals surface area contributed by atoms with Crippen LogP contribution >= 0.6 is 0 Å². The highest BCUT2D eigenvalue weighted by Gasteiger charge is 2.11. The summed E-state index contributed by atoms with van der Waals surface area (Å²) in [6, 6.07) is 13.2. The zero-order valence-corrected chi connectivity index (χ0v) is 10.6. The summed E-state index contributed by atoms with van der Waals surface area (Å²) in [5.41, 5.74) is 1.09. The fraction of sp³-hybridized carbons (Fsp3) is 0.143. The second-order valence-electron chi connectivity index (χ2n) is 4.07. The highest BCUT2D eigenvalue weighted by molar-refractivity contribution is 5.89. The highest BCUT2D eigenvalue weighted by atomic mass is 16.1. The summed E-state index contributed by atoms with van der Waals surface area (Å²) in [7, 11) is 0. The maximum absolute atomic E-state index is 11.7. The van der Waals surface area contributed by atoms with Crippen molar-refractivity contribution in [2.24, 2.45) is 0 Å². The summed E-state index contributed by atoms with van der Waals surface area (Å²) in [5.74, 6) is -0.104. The molecule has 0 saturated carbocycles. The zero-order valence-electron chi connectivity index (χ0n) is 10.6. The van der Waals surface area contributed by atoms with Crippen LogP contribution in [0, 0.1) is 22.7 Å². The van der Waals surface area contributed by atoms with Gasteiger partial charge in [-0.1, -0.05) is 30.3 Å². The van der Waals surface area contributed by atoms with Crippen molar-refractivity contribution in [3.8, 4) is 12.1 Å². The average Bonchev–Trinajstić information content (AvgIpc) is 2.88. The Hall–Kier alpha value is -3.12. The van der Waals surface area contributed by atoms with Crippen LogP contribution in [0.2, 0.25) is 0 Å². The standard InChI is InChI=1S/C14H11N5O/c15-8-11-12(9-16)18-14(17-11)19-13(20)7-6-10-4-2-1-3-5-10/h1-5H,6-7H2,(H2,17,18,19,20). The molecule has 0 aliphatic heterocycles.